The average molecular weight is 303 g/mol. The maximum Gasteiger partial charge on any atom is 0.266 e. The van der Waals surface area contributed by atoms with E-state index in [1.807, 2.05) is 6.07 Å². The number of pyridine rings is 1. The molecule has 7 heteroatoms. The molecule has 2 N–H and O–H groups in total. The number of rotatable bonds is 3. The van der Waals surface area contributed by atoms with Gasteiger partial charge in [0.25, 0.3) is 5.56 Å². The number of hydrogen-bond donors (Lipinski definition) is 2. The summed E-state index contributed by atoms with van der Waals surface area (Å²) in [6.45, 7) is 1.69. The predicted octanol–water partition coefficient (Wildman–Crippen LogP) is 1.59. The third-order valence-corrected chi connectivity index (χ3v) is 3.38. The number of aryl methyl sites for hydroxylation is 1. The number of para-hydroxylation sites is 1. The number of sulfonamides is 1. The second-order valence-corrected chi connectivity index (χ2v) is 6.35. The van der Waals surface area contributed by atoms with Gasteiger partial charge in [-0.25, -0.2) is 8.42 Å². The van der Waals surface area contributed by atoms with E-state index in [0.717, 1.165) is 6.26 Å². The number of aromatic amines is 1. The molecule has 2 aromatic rings. The molecule has 1 aromatic carbocycles. The number of nitriles is 1. The molecular weight excluding hydrogens is 290 g/mol. The summed E-state index contributed by atoms with van der Waals surface area (Å²) in [6, 6.07) is 10.1. The number of nitrogens with zero attached hydrogens (tertiary/aromatic N) is 1. The molecule has 6 nitrogen and oxygen atoms in total. The van der Waals surface area contributed by atoms with Gasteiger partial charge >= 0.3 is 0 Å². The number of hydrogen-bond acceptors (Lipinski definition) is 4. The SMILES string of the molecule is Cc1cc(-c2ccccc2NS(C)(=O)=O)c(C#N)c(=O)[nH]1. The van der Waals surface area contributed by atoms with E-state index < -0.39 is 15.6 Å². The Hall–Kier alpha value is -2.59. The molecule has 0 saturated heterocycles. The van der Waals surface area contributed by atoms with Crippen molar-refractivity contribution in [3.8, 4) is 17.2 Å². The minimum absolute atomic E-state index is 0.0525. The van der Waals surface area contributed by atoms with Gasteiger partial charge < -0.3 is 4.98 Å². The molecule has 21 heavy (non-hydrogen) atoms. The van der Waals surface area contributed by atoms with Crippen LogP contribution in [0.4, 0.5) is 5.69 Å². The van der Waals surface area contributed by atoms with Gasteiger partial charge in [-0.1, -0.05) is 18.2 Å². The van der Waals surface area contributed by atoms with Gasteiger partial charge in [-0.15, -0.1) is 0 Å². The smallest absolute Gasteiger partial charge is 0.266 e. The number of nitrogens with one attached hydrogen (secondary N) is 2. The summed E-state index contributed by atoms with van der Waals surface area (Å²) in [5.74, 6) is 0. The maximum atomic E-state index is 11.8. The molecule has 0 unspecified atom stereocenters. The van der Waals surface area contributed by atoms with E-state index in [2.05, 4.69) is 9.71 Å². The molecule has 0 bridgehead atoms. The summed E-state index contributed by atoms with van der Waals surface area (Å²) in [6.07, 6.45) is 1.04. The van der Waals surface area contributed by atoms with E-state index in [9.17, 15) is 13.2 Å². The van der Waals surface area contributed by atoms with Crippen molar-refractivity contribution in [2.45, 2.75) is 6.92 Å². The predicted molar refractivity (Wildman–Crippen MR) is 80.4 cm³/mol. The zero-order valence-electron chi connectivity index (χ0n) is 11.5. The van der Waals surface area contributed by atoms with Gasteiger partial charge in [-0.05, 0) is 19.1 Å². The normalized spacial score (nSPS) is 10.9. The van der Waals surface area contributed by atoms with Gasteiger partial charge in [0.1, 0.15) is 11.6 Å². The molecule has 0 aliphatic rings. The van der Waals surface area contributed by atoms with E-state index in [0.29, 0.717) is 22.5 Å². The van der Waals surface area contributed by atoms with Crippen LogP contribution in [0.15, 0.2) is 35.1 Å². The van der Waals surface area contributed by atoms with Gasteiger partial charge in [-0.3, -0.25) is 9.52 Å². The molecule has 1 aromatic heterocycles. The lowest BCUT2D eigenvalue weighted by Crippen LogP contribution is -2.14. The summed E-state index contributed by atoms with van der Waals surface area (Å²) in [5, 5.41) is 9.17. The Kier molecular flexibility index (Phi) is 3.82. The first-order valence-electron chi connectivity index (χ1n) is 6.03. The van der Waals surface area contributed by atoms with Crippen LogP contribution < -0.4 is 10.3 Å². The zero-order valence-corrected chi connectivity index (χ0v) is 12.3. The molecule has 0 saturated carbocycles. The standard InChI is InChI=1S/C14H13N3O3S/c1-9-7-11(12(8-15)14(18)16-9)10-5-3-4-6-13(10)17-21(2,19)20/h3-7,17H,1-2H3,(H,16,18). The van der Waals surface area contributed by atoms with Gasteiger partial charge in [0.2, 0.25) is 10.0 Å². The quantitative estimate of drug-likeness (QED) is 0.898. The first kappa shape index (κ1) is 14.8. The van der Waals surface area contributed by atoms with Crippen LogP contribution in [0.2, 0.25) is 0 Å². The first-order valence-corrected chi connectivity index (χ1v) is 7.92. The van der Waals surface area contributed by atoms with Crippen molar-refractivity contribution in [3.05, 3.63) is 51.9 Å². The molecule has 0 fully saturated rings. The molecule has 108 valence electrons. The topological polar surface area (TPSA) is 103 Å². The van der Waals surface area contributed by atoms with Gasteiger partial charge in [0.15, 0.2) is 0 Å². The fourth-order valence-corrected chi connectivity index (χ4v) is 2.60. The van der Waals surface area contributed by atoms with Crippen LogP contribution in [0.5, 0.6) is 0 Å². The number of aromatic nitrogens is 1. The molecule has 0 atom stereocenters. The van der Waals surface area contributed by atoms with Crippen LogP contribution in [0.1, 0.15) is 11.3 Å². The van der Waals surface area contributed by atoms with Crippen molar-refractivity contribution in [1.29, 1.82) is 5.26 Å². The van der Waals surface area contributed by atoms with Crippen molar-refractivity contribution in [3.63, 3.8) is 0 Å². The zero-order chi connectivity index (χ0) is 15.6. The minimum atomic E-state index is -3.47. The Morgan fingerprint density at radius 1 is 1.24 bits per heavy atom. The molecular formula is C14H13N3O3S. The van der Waals surface area contributed by atoms with E-state index in [-0.39, 0.29) is 5.56 Å². The Labute approximate surface area is 122 Å². The van der Waals surface area contributed by atoms with Crippen molar-refractivity contribution in [2.75, 3.05) is 11.0 Å². The Balaban J connectivity index is 2.75. The summed E-state index contributed by atoms with van der Waals surface area (Å²) >= 11 is 0. The summed E-state index contributed by atoms with van der Waals surface area (Å²) in [4.78, 5) is 14.4. The first-order chi connectivity index (χ1) is 9.81. The van der Waals surface area contributed by atoms with E-state index in [4.69, 9.17) is 5.26 Å². The van der Waals surface area contributed by atoms with Crippen LogP contribution in [0.25, 0.3) is 11.1 Å². The molecule has 1 heterocycles. The fourth-order valence-electron chi connectivity index (χ4n) is 2.02. The fraction of sp³-hybridized carbons (Fsp3) is 0.143. The molecule has 0 spiro atoms. The summed E-state index contributed by atoms with van der Waals surface area (Å²) in [7, 11) is -3.47. The lowest BCUT2D eigenvalue weighted by Gasteiger charge is -2.12. The lowest BCUT2D eigenvalue weighted by atomic mass is 9.99. The van der Waals surface area contributed by atoms with Gasteiger partial charge in [0, 0.05) is 16.8 Å². The highest BCUT2D eigenvalue weighted by Gasteiger charge is 2.15. The van der Waals surface area contributed by atoms with Gasteiger partial charge in [-0.2, -0.15) is 5.26 Å². The van der Waals surface area contributed by atoms with Crippen LogP contribution in [0, 0.1) is 18.3 Å². The van der Waals surface area contributed by atoms with Crippen molar-refractivity contribution >= 4 is 15.7 Å². The van der Waals surface area contributed by atoms with Crippen LogP contribution >= 0.6 is 0 Å². The maximum absolute atomic E-state index is 11.8. The lowest BCUT2D eigenvalue weighted by molar-refractivity contribution is 0.607. The molecule has 0 aliphatic carbocycles. The second-order valence-electron chi connectivity index (χ2n) is 4.60. The van der Waals surface area contributed by atoms with Gasteiger partial charge in [0.05, 0.1) is 11.9 Å². The largest absolute Gasteiger partial charge is 0.325 e. The van der Waals surface area contributed by atoms with E-state index in [1.54, 1.807) is 37.3 Å². The van der Waals surface area contributed by atoms with Crippen LogP contribution in [0.3, 0.4) is 0 Å². The molecule has 2 rings (SSSR count). The number of benzene rings is 1. The average Bonchev–Trinajstić information content (AvgIpc) is 2.36. The van der Waals surface area contributed by atoms with E-state index >= 15 is 0 Å². The van der Waals surface area contributed by atoms with Crippen molar-refractivity contribution in [2.24, 2.45) is 0 Å². The number of anilines is 1. The number of H-pyrrole nitrogens is 1. The third kappa shape index (κ3) is 3.30. The second kappa shape index (κ2) is 5.42. The van der Waals surface area contributed by atoms with Crippen molar-refractivity contribution < 1.29 is 8.42 Å². The molecule has 0 amide bonds. The highest BCUT2D eigenvalue weighted by molar-refractivity contribution is 7.92. The Bertz CT molecular complexity index is 892. The summed E-state index contributed by atoms with van der Waals surface area (Å²) < 4.78 is 25.2. The summed E-state index contributed by atoms with van der Waals surface area (Å²) in [5.41, 5.74) is 1.23. The highest BCUT2D eigenvalue weighted by Crippen LogP contribution is 2.30. The Morgan fingerprint density at radius 2 is 1.90 bits per heavy atom. The third-order valence-electron chi connectivity index (χ3n) is 2.79. The molecule has 0 aliphatic heterocycles. The molecule has 0 radical (unpaired) electrons. The van der Waals surface area contributed by atoms with Crippen LogP contribution in [-0.4, -0.2) is 19.7 Å². The Morgan fingerprint density at radius 3 is 2.52 bits per heavy atom. The van der Waals surface area contributed by atoms with Crippen LogP contribution in [-0.2, 0) is 10.0 Å². The van der Waals surface area contributed by atoms with E-state index in [1.165, 1.54) is 0 Å². The minimum Gasteiger partial charge on any atom is -0.325 e. The van der Waals surface area contributed by atoms with Crippen molar-refractivity contribution in [1.82, 2.24) is 4.98 Å². The highest BCUT2D eigenvalue weighted by atomic mass is 32.2. The monoisotopic (exact) mass is 303 g/mol.